The molecule has 0 aliphatic carbocycles. The van der Waals surface area contributed by atoms with Gasteiger partial charge in [-0.25, -0.2) is 8.42 Å². The van der Waals surface area contributed by atoms with Crippen LogP contribution in [0.1, 0.15) is 0 Å². The van der Waals surface area contributed by atoms with E-state index in [0.29, 0.717) is 6.07 Å². The average Bonchev–Trinajstić information content (AvgIpc) is 2.03. The molecule has 70 valence electrons. The molecule has 1 rings (SSSR count). The van der Waals surface area contributed by atoms with Crippen molar-refractivity contribution >= 4 is 16.4 Å². The summed E-state index contributed by atoms with van der Waals surface area (Å²) in [5, 5.41) is 10.1. The fourth-order valence-electron chi connectivity index (χ4n) is 0.757. The molecule has 0 heterocycles. The van der Waals surface area contributed by atoms with Crippen LogP contribution in [0.4, 0.5) is 10.1 Å². The van der Waals surface area contributed by atoms with Crippen molar-refractivity contribution < 1.29 is 17.7 Å². The minimum Gasteiger partial charge on any atom is -0.258 e. The van der Waals surface area contributed by atoms with Crippen molar-refractivity contribution in [1.82, 2.24) is 0 Å². The van der Waals surface area contributed by atoms with E-state index in [1.807, 2.05) is 0 Å². The van der Waals surface area contributed by atoms with Gasteiger partial charge in [-0.15, -0.1) is 0 Å². The fourth-order valence-corrected chi connectivity index (χ4v) is 1.17. The maximum Gasteiger partial charge on any atom is 0.304 e. The molecule has 7 heteroatoms. The number of benzene rings is 1. The summed E-state index contributed by atoms with van der Waals surface area (Å²) >= 11 is 0. The second-order valence-corrected chi connectivity index (χ2v) is 3.18. The molecule has 0 N–H and O–H groups in total. The number of nitro groups is 1. The third kappa shape index (κ3) is 2.00. The molecule has 13 heavy (non-hydrogen) atoms. The van der Waals surface area contributed by atoms with Gasteiger partial charge in [-0.05, 0) is 12.1 Å². The lowest BCUT2D eigenvalue weighted by Crippen LogP contribution is -1.93. The molecule has 0 radical (unpaired) electrons. The molecular formula is C6H4FNO4S. The first kappa shape index (κ1) is 9.59. The first-order chi connectivity index (χ1) is 6.02. The van der Waals surface area contributed by atoms with Crippen molar-refractivity contribution in [3.05, 3.63) is 34.1 Å². The van der Waals surface area contributed by atoms with Gasteiger partial charge in [0, 0.05) is 6.07 Å². The summed E-state index contributed by atoms with van der Waals surface area (Å²) in [5.74, 6) is -1.15. The Kier molecular flexibility index (Phi) is 2.57. The summed E-state index contributed by atoms with van der Waals surface area (Å²) in [6, 6.07) is 2.41. The van der Waals surface area contributed by atoms with Gasteiger partial charge in [0.05, 0.1) is 9.82 Å². The fraction of sp³-hybridized carbons (Fsp3) is 0. The van der Waals surface area contributed by atoms with Gasteiger partial charge in [0.25, 0.3) is 0 Å². The number of rotatable bonds is 2. The lowest BCUT2D eigenvalue weighted by atomic mass is 10.3. The lowest BCUT2D eigenvalue weighted by Gasteiger charge is -1.93. The van der Waals surface area contributed by atoms with E-state index in [2.05, 4.69) is 0 Å². The Morgan fingerprint density at radius 1 is 1.38 bits per heavy atom. The largest absolute Gasteiger partial charge is 0.304 e. The van der Waals surface area contributed by atoms with Crippen LogP contribution in [0.5, 0.6) is 0 Å². The van der Waals surface area contributed by atoms with Gasteiger partial charge in [0.1, 0.15) is 0 Å². The molecule has 0 bridgehead atoms. The van der Waals surface area contributed by atoms with E-state index in [4.69, 9.17) is 0 Å². The number of hydrogen-bond acceptors (Lipinski definition) is 4. The predicted octanol–water partition coefficient (Wildman–Crippen LogP) is 0.704. The zero-order valence-corrected chi connectivity index (χ0v) is 7.03. The Morgan fingerprint density at radius 2 is 2.00 bits per heavy atom. The highest BCUT2D eigenvalue weighted by atomic mass is 32.2. The molecule has 5 nitrogen and oxygen atoms in total. The van der Waals surface area contributed by atoms with Crippen molar-refractivity contribution in [1.29, 1.82) is 0 Å². The normalized spacial score (nSPS) is 10.3. The second kappa shape index (κ2) is 3.48. The summed E-state index contributed by atoms with van der Waals surface area (Å²) in [6.07, 6.45) is 0. The molecule has 0 aromatic heterocycles. The molecule has 0 fully saturated rings. The van der Waals surface area contributed by atoms with Crippen molar-refractivity contribution in [3.63, 3.8) is 0 Å². The van der Waals surface area contributed by atoms with Crippen LogP contribution in [0, 0.1) is 15.9 Å². The first-order valence-electron chi connectivity index (χ1n) is 3.10. The summed E-state index contributed by atoms with van der Waals surface area (Å²) < 4.78 is 33.4. The summed E-state index contributed by atoms with van der Waals surface area (Å²) in [6.45, 7) is 0. The smallest absolute Gasteiger partial charge is 0.258 e. The molecule has 0 aliphatic rings. The minimum atomic E-state index is -2.91. The van der Waals surface area contributed by atoms with Gasteiger partial charge >= 0.3 is 5.69 Å². The number of hydrogen-bond donors (Lipinski definition) is 1. The number of nitrogens with zero attached hydrogens (tertiary/aromatic N) is 1. The zero-order chi connectivity index (χ0) is 10.0. The van der Waals surface area contributed by atoms with Crippen LogP contribution in [-0.4, -0.2) is 13.3 Å². The van der Waals surface area contributed by atoms with Gasteiger partial charge in [-0.1, -0.05) is 0 Å². The Labute approximate surface area is 73.9 Å². The summed E-state index contributed by atoms with van der Waals surface area (Å²) in [4.78, 5) is 8.92. The Morgan fingerprint density at radius 3 is 2.38 bits per heavy atom. The highest BCUT2D eigenvalue weighted by Gasteiger charge is 2.13. The van der Waals surface area contributed by atoms with E-state index in [-0.39, 0.29) is 4.90 Å². The van der Waals surface area contributed by atoms with Gasteiger partial charge < -0.3 is 0 Å². The van der Waals surface area contributed by atoms with Crippen LogP contribution in [0.25, 0.3) is 0 Å². The van der Waals surface area contributed by atoms with Gasteiger partial charge in [0.2, 0.25) is 5.82 Å². The molecule has 0 saturated heterocycles. The van der Waals surface area contributed by atoms with E-state index in [9.17, 15) is 22.9 Å². The van der Waals surface area contributed by atoms with Crippen molar-refractivity contribution in [2.75, 3.05) is 0 Å². The van der Waals surface area contributed by atoms with E-state index < -0.39 is 27.1 Å². The Balaban J connectivity index is 3.28. The highest BCUT2D eigenvalue weighted by molar-refractivity contribution is 7.72. The van der Waals surface area contributed by atoms with Crippen LogP contribution in [0.2, 0.25) is 0 Å². The summed E-state index contributed by atoms with van der Waals surface area (Å²) in [5.41, 5.74) is -0.736. The molecule has 0 unspecified atom stereocenters. The Hall–Kier alpha value is -1.50. The highest BCUT2D eigenvalue weighted by Crippen LogP contribution is 2.18. The number of nitro benzene ring substituents is 1. The molecule has 0 atom stereocenters. The SMILES string of the molecule is O=[N+]([O-])c1ccc([SH](=O)=O)cc1F. The maximum atomic E-state index is 12.8. The van der Waals surface area contributed by atoms with Crippen molar-refractivity contribution in [3.8, 4) is 0 Å². The van der Waals surface area contributed by atoms with Crippen LogP contribution >= 0.6 is 0 Å². The third-order valence-corrected chi connectivity index (χ3v) is 2.04. The van der Waals surface area contributed by atoms with Crippen LogP contribution < -0.4 is 0 Å². The Bertz CT molecular complexity index is 421. The van der Waals surface area contributed by atoms with Crippen LogP contribution in [0.15, 0.2) is 23.1 Å². The number of thiol groups is 1. The molecular weight excluding hydrogens is 201 g/mol. The van der Waals surface area contributed by atoms with E-state index >= 15 is 0 Å². The minimum absolute atomic E-state index is 0.280. The standard InChI is InChI=1S/C6H4FNO4S/c7-5-3-4(13(11)12)1-2-6(5)8(9)10/h1-3,13H. The van der Waals surface area contributed by atoms with Crippen molar-refractivity contribution in [2.45, 2.75) is 4.90 Å². The van der Waals surface area contributed by atoms with E-state index in [1.165, 1.54) is 0 Å². The lowest BCUT2D eigenvalue weighted by molar-refractivity contribution is -0.387. The zero-order valence-electron chi connectivity index (χ0n) is 6.14. The average molecular weight is 205 g/mol. The molecule has 0 spiro atoms. The summed E-state index contributed by atoms with van der Waals surface area (Å²) in [7, 11) is -2.91. The monoisotopic (exact) mass is 205 g/mol. The predicted molar refractivity (Wildman–Crippen MR) is 41.6 cm³/mol. The van der Waals surface area contributed by atoms with Gasteiger partial charge in [-0.3, -0.25) is 10.1 Å². The topological polar surface area (TPSA) is 77.3 Å². The van der Waals surface area contributed by atoms with Crippen LogP contribution in [-0.2, 0) is 10.7 Å². The van der Waals surface area contributed by atoms with E-state index in [1.54, 1.807) is 0 Å². The van der Waals surface area contributed by atoms with Gasteiger partial charge in [-0.2, -0.15) is 4.39 Å². The maximum absolute atomic E-state index is 12.8. The molecule has 1 aromatic rings. The molecule has 0 saturated carbocycles. The molecule has 1 aromatic carbocycles. The first-order valence-corrected chi connectivity index (χ1v) is 4.28. The van der Waals surface area contributed by atoms with Crippen LogP contribution in [0.3, 0.4) is 0 Å². The molecule has 0 amide bonds. The molecule has 0 aliphatic heterocycles. The quantitative estimate of drug-likeness (QED) is 0.438. The third-order valence-electron chi connectivity index (χ3n) is 1.34. The van der Waals surface area contributed by atoms with Crippen molar-refractivity contribution in [2.24, 2.45) is 0 Å². The second-order valence-electron chi connectivity index (χ2n) is 2.15. The number of halogens is 1. The van der Waals surface area contributed by atoms with Gasteiger partial charge in [0.15, 0.2) is 10.7 Å². The van der Waals surface area contributed by atoms with E-state index in [0.717, 1.165) is 12.1 Å².